The number of benzene rings is 1. The quantitative estimate of drug-likeness (QED) is 0.775. The third kappa shape index (κ3) is 5.35. The highest BCUT2D eigenvalue weighted by Crippen LogP contribution is 2.41. The molecule has 1 saturated carbocycles. The van der Waals surface area contributed by atoms with Gasteiger partial charge in [-0.3, -0.25) is 4.79 Å². The molecule has 0 bridgehead atoms. The average Bonchev–Trinajstić information content (AvgIpc) is 3.22. The summed E-state index contributed by atoms with van der Waals surface area (Å²) in [6, 6.07) is 5.96. The van der Waals surface area contributed by atoms with Crippen molar-refractivity contribution < 1.29 is 14.3 Å². The molecule has 0 radical (unpaired) electrons. The van der Waals surface area contributed by atoms with E-state index in [0.717, 1.165) is 17.9 Å². The van der Waals surface area contributed by atoms with Crippen LogP contribution in [0.15, 0.2) is 18.2 Å². The van der Waals surface area contributed by atoms with Crippen molar-refractivity contribution in [2.75, 3.05) is 18.9 Å². The van der Waals surface area contributed by atoms with E-state index >= 15 is 0 Å². The molecule has 3 rings (SSSR count). The van der Waals surface area contributed by atoms with Crippen molar-refractivity contribution in [2.45, 2.75) is 56.8 Å². The van der Waals surface area contributed by atoms with Crippen LogP contribution in [0.25, 0.3) is 0 Å². The Bertz CT molecular complexity index is 699. The number of hydrogen-bond acceptors (Lipinski definition) is 4. The van der Waals surface area contributed by atoms with E-state index in [9.17, 15) is 4.79 Å². The molecule has 1 heterocycles. The molecule has 1 amide bonds. The number of thioether (sulfide) groups is 1. The van der Waals surface area contributed by atoms with Crippen molar-refractivity contribution >= 4 is 17.7 Å². The molecule has 1 aromatic carbocycles. The maximum atomic E-state index is 11.8. The number of rotatable bonds is 6. The van der Waals surface area contributed by atoms with E-state index in [0.29, 0.717) is 17.5 Å². The first-order valence-corrected chi connectivity index (χ1v) is 10.4. The molecule has 0 saturated heterocycles. The van der Waals surface area contributed by atoms with Gasteiger partial charge in [0.05, 0.1) is 12.3 Å². The zero-order valence-electron chi connectivity index (χ0n) is 15.6. The lowest BCUT2D eigenvalue weighted by Gasteiger charge is -2.17. The summed E-state index contributed by atoms with van der Waals surface area (Å²) < 4.78 is 11.7. The Balaban J connectivity index is 1.36. The second kappa shape index (κ2) is 8.73. The largest absolute Gasteiger partial charge is 0.483 e. The van der Waals surface area contributed by atoms with E-state index in [2.05, 4.69) is 37.1 Å². The van der Waals surface area contributed by atoms with Gasteiger partial charge in [-0.2, -0.15) is 0 Å². The highest BCUT2D eigenvalue weighted by Gasteiger charge is 2.32. The Labute approximate surface area is 160 Å². The van der Waals surface area contributed by atoms with Gasteiger partial charge in [-0.15, -0.1) is 11.8 Å². The first kappa shape index (κ1) is 19.0. The Hall–Kier alpha value is -1.80. The number of carbonyl (C=O) groups excluding carboxylic acids is 1. The number of para-hydroxylation sites is 1. The molecule has 1 aromatic rings. The molecular weight excluding hydrogens is 346 g/mol. The summed E-state index contributed by atoms with van der Waals surface area (Å²) in [6.07, 6.45) is 5.99. The van der Waals surface area contributed by atoms with Crippen LogP contribution in [0.3, 0.4) is 0 Å². The first-order chi connectivity index (χ1) is 12.5. The van der Waals surface area contributed by atoms with Gasteiger partial charge in [-0.1, -0.05) is 36.8 Å². The standard InChI is InChI=1S/C21H27NO3S/c1-21(2)14-16-8-7-11-18(20(16)25-21)24-13-6-5-12-22-19(23)15-26-17-9-3-4-10-17/h7-8,11,17H,3-4,9-10,12-15H2,1-2H3,(H,22,23). The van der Waals surface area contributed by atoms with Crippen LogP contribution in [0.2, 0.25) is 0 Å². The van der Waals surface area contributed by atoms with Gasteiger partial charge < -0.3 is 14.8 Å². The molecule has 5 heteroatoms. The normalized spacial score (nSPS) is 17.8. The van der Waals surface area contributed by atoms with E-state index < -0.39 is 0 Å². The van der Waals surface area contributed by atoms with Crippen LogP contribution in [0.1, 0.15) is 45.1 Å². The van der Waals surface area contributed by atoms with Crippen LogP contribution in [0.4, 0.5) is 0 Å². The molecule has 140 valence electrons. The first-order valence-electron chi connectivity index (χ1n) is 9.31. The monoisotopic (exact) mass is 373 g/mol. The van der Waals surface area contributed by atoms with E-state index in [-0.39, 0.29) is 18.1 Å². The minimum Gasteiger partial charge on any atom is -0.483 e. The molecule has 0 aromatic heterocycles. The maximum Gasteiger partial charge on any atom is 0.230 e. The van der Waals surface area contributed by atoms with Crippen molar-refractivity contribution in [3.63, 3.8) is 0 Å². The van der Waals surface area contributed by atoms with Crippen LogP contribution in [-0.2, 0) is 11.2 Å². The minimum atomic E-state index is -0.186. The van der Waals surface area contributed by atoms with E-state index in [1.165, 1.54) is 31.2 Å². The van der Waals surface area contributed by atoms with Crippen molar-refractivity contribution in [2.24, 2.45) is 0 Å². The molecule has 0 atom stereocenters. The number of nitrogens with one attached hydrogen (secondary N) is 1. The lowest BCUT2D eigenvalue weighted by atomic mass is 10.0. The van der Waals surface area contributed by atoms with Gasteiger partial charge in [0, 0.05) is 17.2 Å². The van der Waals surface area contributed by atoms with Gasteiger partial charge in [0.2, 0.25) is 5.91 Å². The lowest BCUT2D eigenvalue weighted by Crippen LogP contribution is -2.26. The smallest absolute Gasteiger partial charge is 0.230 e. The SMILES string of the molecule is CC1(C)Cc2cccc(OCC#CCNC(=O)CSC3CCCC3)c2O1. The summed E-state index contributed by atoms with van der Waals surface area (Å²) in [6.45, 7) is 4.80. The molecular formula is C21H27NO3S. The maximum absolute atomic E-state index is 11.8. The summed E-state index contributed by atoms with van der Waals surface area (Å²) in [5, 5.41) is 3.51. The fourth-order valence-electron chi connectivity index (χ4n) is 3.37. The van der Waals surface area contributed by atoms with Gasteiger partial charge in [0.1, 0.15) is 12.2 Å². The predicted octanol–water partition coefficient (Wildman–Crippen LogP) is 3.57. The zero-order chi connectivity index (χ0) is 18.4. The molecule has 2 aliphatic rings. The number of ether oxygens (including phenoxy) is 2. The second-order valence-electron chi connectivity index (χ2n) is 7.42. The Morgan fingerprint density at radius 3 is 2.96 bits per heavy atom. The van der Waals surface area contributed by atoms with Gasteiger partial charge >= 0.3 is 0 Å². The van der Waals surface area contributed by atoms with Crippen molar-refractivity contribution in [3.05, 3.63) is 23.8 Å². The number of hydrogen-bond donors (Lipinski definition) is 1. The van der Waals surface area contributed by atoms with Gasteiger partial charge in [-0.05, 0) is 32.8 Å². The molecule has 4 nitrogen and oxygen atoms in total. The van der Waals surface area contributed by atoms with E-state index in [1.807, 2.05) is 12.1 Å². The van der Waals surface area contributed by atoms with Crippen LogP contribution >= 0.6 is 11.8 Å². The summed E-state index contributed by atoms with van der Waals surface area (Å²) in [5.74, 6) is 8.05. The van der Waals surface area contributed by atoms with Crippen LogP contribution in [0.5, 0.6) is 11.5 Å². The lowest BCUT2D eigenvalue weighted by molar-refractivity contribution is -0.118. The topological polar surface area (TPSA) is 47.6 Å². The van der Waals surface area contributed by atoms with Crippen molar-refractivity contribution in [3.8, 4) is 23.3 Å². The zero-order valence-corrected chi connectivity index (χ0v) is 16.4. The second-order valence-corrected chi connectivity index (χ2v) is 8.71. The van der Waals surface area contributed by atoms with Crippen molar-refractivity contribution in [1.82, 2.24) is 5.32 Å². The fourth-order valence-corrected chi connectivity index (χ4v) is 4.53. The van der Waals surface area contributed by atoms with Crippen LogP contribution < -0.4 is 14.8 Å². The summed E-state index contributed by atoms with van der Waals surface area (Å²) >= 11 is 1.77. The van der Waals surface area contributed by atoms with Crippen molar-refractivity contribution in [1.29, 1.82) is 0 Å². The summed E-state index contributed by atoms with van der Waals surface area (Å²) in [4.78, 5) is 11.8. The van der Waals surface area contributed by atoms with E-state index in [4.69, 9.17) is 9.47 Å². The molecule has 1 N–H and O–H groups in total. The highest BCUT2D eigenvalue weighted by molar-refractivity contribution is 8.00. The molecule has 1 fully saturated rings. The summed E-state index contributed by atoms with van der Waals surface area (Å²) in [5.41, 5.74) is 0.987. The van der Waals surface area contributed by atoms with Gasteiger partial charge in [-0.25, -0.2) is 0 Å². The van der Waals surface area contributed by atoms with Crippen LogP contribution in [0, 0.1) is 11.8 Å². The Morgan fingerprint density at radius 1 is 1.35 bits per heavy atom. The predicted molar refractivity (Wildman–Crippen MR) is 106 cm³/mol. The minimum absolute atomic E-state index is 0.0635. The van der Waals surface area contributed by atoms with Crippen LogP contribution in [-0.4, -0.2) is 35.7 Å². The molecule has 26 heavy (non-hydrogen) atoms. The van der Waals surface area contributed by atoms with Gasteiger partial charge in [0.15, 0.2) is 11.5 Å². The molecule has 1 aliphatic carbocycles. The third-order valence-corrected chi connectivity index (χ3v) is 5.98. The number of amides is 1. The Morgan fingerprint density at radius 2 is 2.15 bits per heavy atom. The number of carbonyl (C=O) groups is 1. The van der Waals surface area contributed by atoms with Gasteiger partial charge in [0.25, 0.3) is 0 Å². The third-order valence-electron chi connectivity index (χ3n) is 4.61. The molecule has 0 unspecified atom stereocenters. The molecule has 1 aliphatic heterocycles. The highest BCUT2D eigenvalue weighted by atomic mass is 32.2. The molecule has 0 spiro atoms. The number of fused-ring (bicyclic) bond motifs is 1. The van der Waals surface area contributed by atoms with E-state index in [1.54, 1.807) is 11.8 Å². The Kier molecular flexibility index (Phi) is 6.37. The average molecular weight is 374 g/mol. The fraction of sp³-hybridized carbons (Fsp3) is 0.571. The summed E-state index contributed by atoms with van der Waals surface area (Å²) in [7, 11) is 0.